The van der Waals surface area contributed by atoms with Crippen molar-refractivity contribution in [1.82, 2.24) is 0 Å². The first-order chi connectivity index (χ1) is 9.10. The fourth-order valence-corrected chi connectivity index (χ4v) is 2.62. The van der Waals surface area contributed by atoms with Crippen LogP contribution in [0.4, 0.5) is 5.69 Å². The molecule has 0 heterocycles. The molecule has 0 aromatic heterocycles. The van der Waals surface area contributed by atoms with E-state index in [4.69, 9.17) is 0 Å². The molecule has 0 saturated heterocycles. The Labute approximate surface area is 122 Å². The van der Waals surface area contributed by atoms with E-state index in [0.29, 0.717) is 16.7 Å². The van der Waals surface area contributed by atoms with Gasteiger partial charge < -0.3 is 0 Å². The number of nitro groups is 1. The Balaban J connectivity index is 2.32. The Morgan fingerprint density at radius 1 is 1.16 bits per heavy atom. The first kappa shape index (κ1) is 13.8. The summed E-state index contributed by atoms with van der Waals surface area (Å²) in [6, 6.07) is 11.9. The highest BCUT2D eigenvalue weighted by Gasteiger charge is 2.11. The molecule has 2 rings (SSSR count). The lowest BCUT2D eigenvalue weighted by molar-refractivity contribution is -0.384. The van der Waals surface area contributed by atoms with E-state index in [-0.39, 0.29) is 5.69 Å². The molecule has 0 radical (unpaired) electrons. The van der Waals surface area contributed by atoms with E-state index in [1.165, 1.54) is 23.9 Å². The van der Waals surface area contributed by atoms with Gasteiger partial charge in [0, 0.05) is 32.0 Å². The molecule has 0 atom stereocenters. The Morgan fingerprint density at radius 3 is 2.42 bits per heavy atom. The summed E-state index contributed by atoms with van der Waals surface area (Å²) in [5, 5.41) is 10.7. The molecule has 0 fully saturated rings. The van der Waals surface area contributed by atoms with E-state index < -0.39 is 4.92 Å². The molecule has 4 nitrogen and oxygen atoms in total. The average Bonchev–Trinajstić information content (AvgIpc) is 2.41. The Hall–Kier alpha value is -1.66. The summed E-state index contributed by atoms with van der Waals surface area (Å²) < 4.78 is 0.969. The number of carbonyl (C=O) groups excluding carboxylic acids is 1. The van der Waals surface area contributed by atoms with Crippen LogP contribution in [0, 0.1) is 10.1 Å². The summed E-state index contributed by atoms with van der Waals surface area (Å²) in [7, 11) is 0. The van der Waals surface area contributed by atoms with Crippen molar-refractivity contribution in [3.63, 3.8) is 0 Å². The quantitative estimate of drug-likeness (QED) is 0.473. The van der Waals surface area contributed by atoms with E-state index in [2.05, 4.69) is 15.9 Å². The van der Waals surface area contributed by atoms with Crippen LogP contribution in [0.15, 0.2) is 56.7 Å². The van der Waals surface area contributed by atoms with Crippen LogP contribution >= 0.6 is 27.7 Å². The van der Waals surface area contributed by atoms with Crippen molar-refractivity contribution in [1.29, 1.82) is 0 Å². The molecule has 0 saturated carbocycles. The molecule has 0 N–H and O–H groups in total. The molecule has 2 aromatic carbocycles. The molecular weight excluding hydrogens is 330 g/mol. The predicted octanol–water partition coefficient (Wildman–Crippen LogP) is 4.32. The van der Waals surface area contributed by atoms with Crippen molar-refractivity contribution >= 4 is 39.7 Å². The summed E-state index contributed by atoms with van der Waals surface area (Å²) in [5.41, 5.74) is 0.240. The maximum absolute atomic E-state index is 11.0. The fraction of sp³-hybridized carbons (Fsp3) is 0. The second-order valence-electron chi connectivity index (χ2n) is 3.65. The molecular formula is C13H8BrNO3S. The second kappa shape index (κ2) is 5.99. The maximum Gasteiger partial charge on any atom is 0.270 e. The van der Waals surface area contributed by atoms with Crippen LogP contribution in [0.1, 0.15) is 10.4 Å². The van der Waals surface area contributed by atoms with Crippen LogP contribution in [0.5, 0.6) is 0 Å². The van der Waals surface area contributed by atoms with Crippen molar-refractivity contribution < 1.29 is 9.72 Å². The average molecular weight is 338 g/mol. The van der Waals surface area contributed by atoms with E-state index in [0.717, 1.165) is 9.37 Å². The van der Waals surface area contributed by atoms with Crippen molar-refractivity contribution in [2.75, 3.05) is 0 Å². The second-order valence-corrected chi connectivity index (χ2v) is 5.68. The van der Waals surface area contributed by atoms with E-state index >= 15 is 0 Å². The minimum atomic E-state index is -0.513. The number of hydrogen-bond donors (Lipinski definition) is 0. The molecule has 0 aliphatic rings. The van der Waals surface area contributed by atoms with Crippen LogP contribution in [0.3, 0.4) is 0 Å². The predicted molar refractivity (Wildman–Crippen MR) is 76.7 cm³/mol. The molecule has 0 amide bonds. The van der Waals surface area contributed by atoms with Gasteiger partial charge in [0.15, 0.2) is 6.29 Å². The summed E-state index contributed by atoms with van der Waals surface area (Å²) in [6.07, 6.45) is 0.633. The van der Waals surface area contributed by atoms with E-state index in [9.17, 15) is 14.9 Å². The Kier molecular flexibility index (Phi) is 4.34. The normalized spacial score (nSPS) is 10.2. The van der Waals surface area contributed by atoms with E-state index in [1.54, 1.807) is 6.07 Å². The third-order valence-corrected chi connectivity index (χ3v) is 4.00. The number of hydrogen-bond acceptors (Lipinski definition) is 4. The van der Waals surface area contributed by atoms with Gasteiger partial charge in [0.05, 0.1) is 4.92 Å². The summed E-state index contributed by atoms with van der Waals surface area (Å²) in [6.45, 7) is 0. The minimum absolute atomic E-state index is 0.0812. The number of non-ortho nitro benzene ring substituents is 1. The largest absolute Gasteiger partial charge is 0.298 e. The highest BCUT2D eigenvalue weighted by molar-refractivity contribution is 9.10. The molecule has 6 heteroatoms. The number of nitrogens with zero attached hydrogens (tertiary/aromatic N) is 1. The molecule has 0 spiro atoms. The number of halogens is 1. The van der Waals surface area contributed by atoms with Gasteiger partial charge in [0.2, 0.25) is 0 Å². The van der Waals surface area contributed by atoms with Crippen molar-refractivity contribution in [2.45, 2.75) is 9.79 Å². The van der Waals surface area contributed by atoms with Crippen LogP contribution in [-0.2, 0) is 0 Å². The lowest BCUT2D eigenvalue weighted by Crippen LogP contribution is -1.91. The third-order valence-electron chi connectivity index (χ3n) is 2.37. The van der Waals surface area contributed by atoms with E-state index in [1.807, 2.05) is 24.3 Å². The first-order valence-electron chi connectivity index (χ1n) is 5.27. The zero-order chi connectivity index (χ0) is 13.8. The first-order valence-corrected chi connectivity index (χ1v) is 6.88. The highest BCUT2D eigenvalue weighted by atomic mass is 79.9. The van der Waals surface area contributed by atoms with Crippen molar-refractivity contribution in [3.8, 4) is 0 Å². The minimum Gasteiger partial charge on any atom is -0.298 e. The number of benzene rings is 2. The SMILES string of the molecule is O=Cc1cc([N+](=O)[O-])ccc1Sc1ccc(Br)cc1. The zero-order valence-electron chi connectivity index (χ0n) is 9.58. The highest BCUT2D eigenvalue weighted by Crippen LogP contribution is 2.32. The third kappa shape index (κ3) is 3.42. The molecule has 0 aliphatic heterocycles. The van der Waals surface area contributed by atoms with Gasteiger partial charge in [-0.15, -0.1) is 0 Å². The topological polar surface area (TPSA) is 60.2 Å². The molecule has 0 unspecified atom stereocenters. The molecule has 0 aliphatic carbocycles. The van der Waals surface area contributed by atoms with Gasteiger partial charge in [-0.25, -0.2) is 0 Å². The molecule has 19 heavy (non-hydrogen) atoms. The summed E-state index contributed by atoms with van der Waals surface area (Å²) >= 11 is 4.74. The van der Waals surface area contributed by atoms with Gasteiger partial charge in [-0.05, 0) is 30.3 Å². The standard InChI is InChI=1S/C13H8BrNO3S/c14-10-1-4-12(5-2-10)19-13-6-3-11(15(17)18)7-9(13)8-16/h1-8H. The smallest absolute Gasteiger partial charge is 0.270 e. The van der Waals surface area contributed by atoms with Crippen LogP contribution < -0.4 is 0 Å². The van der Waals surface area contributed by atoms with Crippen molar-refractivity contribution in [2.24, 2.45) is 0 Å². The van der Waals surface area contributed by atoms with Gasteiger partial charge in [-0.1, -0.05) is 27.7 Å². The monoisotopic (exact) mass is 337 g/mol. The van der Waals surface area contributed by atoms with Crippen LogP contribution in [0.2, 0.25) is 0 Å². The maximum atomic E-state index is 11.0. The lowest BCUT2D eigenvalue weighted by atomic mass is 10.2. The fourth-order valence-electron chi connectivity index (χ4n) is 1.46. The molecule has 96 valence electrons. The molecule has 2 aromatic rings. The lowest BCUT2D eigenvalue weighted by Gasteiger charge is -2.04. The number of rotatable bonds is 4. The van der Waals surface area contributed by atoms with Crippen LogP contribution in [0.25, 0.3) is 0 Å². The van der Waals surface area contributed by atoms with Gasteiger partial charge in [-0.2, -0.15) is 0 Å². The Bertz CT molecular complexity index is 628. The van der Waals surface area contributed by atoms with Gasteiger partial charge in [0.1, 0.15) is 0 Å². The number of nitro benzene ring substituents is 1. The summed E-state index contributed by atoms with van der Waals surface area (Å²) in [4.78, 5) is 22.8. The van der Waals surface area contributed by atoms with Gasteiger partial charge in [-0.3, -0.25) is 14.9 Å². The summed E-state index contributed by atoms with van der Waals surface area (Å²) in [5.74, 6) is 0. The zero-order valence-corrected chi connectivity index (χ0v) is 12.0. The Morgan fingerprint density at radius 2 is 1.84 bits per heavy atom. The number of carbonyl (C=O) groups is 1. The van der Waals surface area contributed by atoms with Crippen LogP contribution in [-0.4, -0.2) is 11.2 Å². The molecule has 0 bridgehead atoms. The van der Waals surface area contributed by atoms with Crippen molar-refractivity contribution in [3.05, 3.63) is 62.6 Å². The van der Waals surface area contributed by atoms with Gasteiger partial charge in [0.25, 0.3) is 5.69 Å². The van der Waals surface area contributed by atoms with Gasteiger partial charge >= 0.3 is 0 Å². The number of aldehydes is 1.